The van der Waals surface area contributed by atoms with Crippen molar-refractivity contribution in [3.05, 3.63) is 29.1 Å². The van der Waals surface area contributed by atoms with Gasteiger partial charge in [-0.3, -0.25) is 4.90 Å². The van der Waals surface area contributed by atoms with E-state index in [9.17, 15) is 0 Å². The number of piperidine rings is 1. The Labute approximate surface area is 106 Å². The molecule has 1 aliphatic rings. The number of rotatable bonds is 2. The van der Waals surface area contributed by atoms with Crippen LogP contribution in [-0.4, -0.2) is 18.0 Å². The van der Waals surface area contributed by atoms with Crippen LogP contribution in [-0.2, 0) is 6.54 Å². The molecule has 1 fully saturated rings. The van der Waals surface area contributed by atoms with E-state index >= 15 is 0 Å². The molecule has 3 heteroatoms. The lowest BCUT2D eigenvalue weighted by atomic mass is 10.1. The van der Waals surface area contributed by atoms with E-state index < -0.39 is 0 Å². The number of benzene rings is 1. The maximum absolute atomic E-state index is 6.09. The summed E-state index contributed by atoms with van der Waals surface area (Å²) >= 11 is 1.81. The van der Waals surface area contributed by atoms with Crippen LogP contribution >= 0.6 is 11.3 Å². The van der Waals surface area contributed by atoms with Gasteiger partial charge in [-0.2, -0.15) is 0 Å². The molecular weight excluding hydrogens is 228 g/mol. The summed E-state index contributed by atoms with van der Waals surface area (Å²) < 4.78 is 1.32. The summed E-state index contributed by atoms with van der Waals surface area (Å²) in [6, 6.07) is 6.21. The van der Waals surface area contributed by atoms with Crippen LogP contribution in [0.25, 0.3) is 10.1 Å². The van der Waals surface area contributed by atoms with E-state index in [0.717, 1.165) is 12.2 Å². The van der Waals surface area contributed by atoms with Gasteiger partial charge in [0.2, 0.25) is 0 Å². The van der Waals surface area contributed by atoms with Gasteiger partial charge in [-0.1, -0.05) is 12.5 Å². The van der Waals surface area contributed by atoms with E-state index in [4.69, 9.17) is 5.73 Å². The number of nitrogens with zero attached hydrogens (tertiary/aromatic N) is 1. The minimum atomic E-state index is 0.927. The first-order valence-electron chi connectivity index (χ1n) is 6.31. The third-order valence-electron chi connectivity index (χ3n) is 3.55. The highest BCUT2D eigenvalue weighted by atomic mass is 32.1. The molecule has 2 aromatic rings. The normalized spacial score (nSPS) is 17.6. The quantitative estimate of drug-likeness (QED) is 0.822. The zero-order valence-corrected chi connectivity index (χ0v) is 10.8. The zero-order chi connectivity index (χ0) is 11.7. The van der Waals surface area contributed by atoms with Gasteiger partial charge >= 0.3 is 0 Å². The lowest BCUT2D eigenvalue weighted by Gasteiger charge is -2.26. The Bertz CT molecular complexity index is 512. The molecule has 0 bridgehead atoms. The maximum Gasteiger partial charge on any atom is 0.0405 e. The van der Waals surface area contributed by atoms with Crippen LogP contribution in [0.2, 0.25) is 0 Å². The maximum atomic E-state index is 6.09. The molecule has 1 aliphatic heterocycles. The van der Waals surface area contributed by atoms with Gasteiger partial charge < -0.3 is 5.73 Å². The van der Waals surface area contributed by atoms with Crippen molar-refractivity contribution in [2.24, 2.45) is 0 Å². The van der Waals surface area contributed by atoms with Gasteiger partial charge in [0.1, 0.15) is 0 Å². The zero-order valence-electron chi connectivity index (χ0n) is 9.98. The Morgan fingerprint density at radius 2 is 2.00 bits per heavy atom. The molecule has 1 saturated heterocycles. The van der Waals surface area contributed by atoms with E-state index in [2.05, 4.69) is 16.3 Å². The molecular formula is C14H18N2S. The van der Waals surface area contributed by atoms with Gasteiger partial charge in [-0.25, -0.2) is 0 Å². The molecule has 0 amide bonds. The molecule has 3 rings (SSSR count). The first-order chi connectivity index (χ1) is 8.34. The van der Waals surface area contributed by atoms with Crippen molar-refractivity contribution in [3.8, 4) is 0 Å². The fraction of sp³-hybridized carbons (Fsp3) is 0.429. The summed E-state index contributed by atoms with van der Waals surface area (Å²) in [5.74, 6) is 0. The molecule has 0 saturated carbocycles. The third kappa shape index (κ3) is 2.17. The van der Waals surface area contributed by atoms with Crippen molar-refractivity contribution in [1.82, 2.24) is 4.90 Å². The van der Waals surface area contributed by atoms with Crippen LogP contribution in [0, 0.1) is 0 Å². The SMILES string of the molecule is Nc1cccc2scc(CN3CCCCC3)c12. The molecule has 2 heterocycles. The Kier molecular flexibility index (Phi) is 3.04. The van der Waals surface area contributed by atoms with Crippen molar-refractivity contribution in [3.63, 3.8) is 0 Å². The van der Waals surface area contributed by atoms with Gasteiger partial charge in [-0.15, -0.1) is 11.3 Å². The molecule has 2 N–H and O–H groups in total. The number of fused-ring (bicyclic) bond motifs is 1. The predicted molar refractivity (Wildman–Crippen MR) is 75.4 cm³/mol. The molecule has 0 radical (unpaired) electrons. The minimum absolute atomic E-state index is 0.927. The van der Waals surface area contributed by atoms with Crippen LogP contribution in [0.15, 0.2) is 23.6 Å². The summed E-state index contributed by atoms with van der Waals surface area (Å²) in [6.07, 6.45) is 4.08. The molecule has 0 atom stereocenters. The molecule has 90 valence electrons. The van der Waals surface area contributed by atoms with Crippen molar-refractivity contribution in [2.75, 3.05) is 18.8 Å². The summed E-state index contributed by atoms with van der Waals surface area (Å²) in [5, 5.41) is 3.55. The smallest absolute Gasteiger partial charge is 0.0405 e. The van der Waals surface area contributed by atoms with Crippen molar-refractivity contribution in [2.45, 2.75) is 25.8 Å². The Morgan fingerprint density at radius 1 is 1.18 bits per heavy atom. The molecule has 0 unspecified atom stereocenters. The number of likely N-dealkylation sites (tertiary alicyclic amines) is 1. The lowest BCUT2D eigenvalue weighted by molar-refractivity contribution is 0.222. The van der Waals surface area contributed by atoms with E-state index in [1.165, 1.54) is 48.0 Å². The van der Waals surface area contributed by atoms with Crippen molar-refractivity contribution >= 4 is 27.1 Å². The fourth-order valence-electron chi connectivity index (χ4n) is 2.66. The highest BCUT2D eigenvalue weighted by Gasteiger charge is 2.13. The summed E-state index contributed by atoms with van der Waals surface area (Å²) in [5.41, 5.74) is 8.43. The second kappa shape index (κ2) is 4.67. The average Bonchev–Trinajstić information content (AvgIpc) is 2.75. The van der Waals surface area contributed by atoms with Gasteiger partial charge in [0.05, 0.1) is 0 Å². The van der Waals surface area contributed by atoms with E-state index in [0.29, 0.717) is 0 Å². The highest BCUT2D eigenvalue weighted by Crippen LogP contribution is 2.31. The van der Waals surface area contributed by atoms with Crippen molar-refractivity contribution in [1.29, 1.82) is 0 Å². The molecule has 0 spiro atoms. The van der Waals surface area contributed by atoms with E-state index in [1.54, 1.807) is 0 Å². The number of thiophene rings is 1. The molecule has 17 heavy (non-hydrogen) atoms. The summed E-state index contributed by atoms with van der Waals surface area (Å²) in [7, 11) is 0. The minimum Gasteiger partial charge on any atom is -0.398 e. The Balaban J connectivity index is 1.89. The van der Waals surface area contributed by atoms with E-state index in [1.807, 2.05) is 23.5 Å². The molecule has 0 aliphatic carbocycles. The Morgan fingerprint density at radius 3 is 2.82 bits per heavy atom. The number of hydrogen-bond donors (Lipinski definition) is 1. The molecule has 1 aromatic carbocycles. The molecule has 2 nitrogen and oxygen atoms in total. The first-order valence-corrected chi connectivity index (χ1v) is 7.19. The largest absolute Gasteiger partial charge is 0.398 e. The van der Waals surface area contributed by atoms with E-state index in [-0.39, 0.29) is 0 Å². The van der Waals surface area contributed by atoms with Crippen LogP contribution in [0.1, 0.15) is 24.8 Å². The predicted octanol–water partition coefficient (Wildman–Crippen LogP) is 3.47. The highest BCUT2D eigenvalue weighted by molar-refractivity contribution is 7.17. The average molecular weight is 246 g/mol. The molecule has 1 aromatic heterocycles. The van der Waals surface area contributed by atoms with Crippen LogP contribution in [0.5, 0.6) is 0 Å². The number of nitrogen functional groups attached to an aromatic ring is 1. The van der Waals surface area contributed by atoms with Crippen LogP contribution in [0.3, 0.4) is 0 Å². The fourth-order valence-corrected chi connectivity index (χ4v) is 3.64. The number of anilines is 1. The number of nitrogens with two attached hydrogens (primary N) is 1. The van der Waals surface area contributed by atoms with Gasteiger partial charge in [0.15, 0.2) is 0 Å². The second-order valence-corrected chi connectivity index (χ2v) is 5.73. The topological polar surface area (TPSA) is 29.3 Å². The van der Waals surface area contributed by atoms with Crippen LogP contribution in [0.4, 0.5) is 5.69 Å². The Hall–Kier alpha value is -1.06. The standard InChI is InChI=1S/C14H18N2S/c15-12-5-4-6-13-14(12)11(10-17-13)9-16-7-2-1-3-8-16/h4-6,10H,1-3,7-9,15H2. The third-order valence-corrected chi connectivity index (χ3v) is 4.55. The van der Waals surface area contributed by atoms with Crippen molar-refractivity contribution < 1.29 is 0 Å². The monoisotopic (exact) mass is 246 g/mol. The number of hydrogen-bond acceptors (Lipinski definition) is 3. The summed E-state index contributed by atoms with van der Waals surface area (Å²) in [4.78, 5) is 2.55. The lowest BCUT2D eigenvalue weighted by Crippen LogP contribution is -2.28. The van der Waals surface area contributed by atoms with Crippen LogP contribution < -0.4 is 5.73 Å². The first kappa shape index (κ1) is 11.1. The van der Waals surface area contributed by atoms with Gasteiger partial charge in [0.25, 0.3) is 0 Å². The second-order valence-electron chi connectivity index (χ2n) is 4.82. The van der Waals surface area contributed by atoms with Gasteiger partial charge in [0, 0.05) is 22.3 Å². The summed E-state index contributed by atoms with van der Waals surface area (Å²) in [6.45, 7) is 3.54. The van der Waals surface area contributed by atoms with Gasteiger partial charge in [-0.05, 0) is 49.0 Å².